The largest absolute Gasteiger partial charge is 0.381 e. The minimum Gasteiger partial charge on any atom is -0.381 e. The first-order valence-electron chi connectivity index (χ1n) is 7.10. The van der Waals surface area contributed by atoms with Crippen LogP contribution in [0.1, 0.15) is 18.4 Å². The van der Waals surface area contributed by atoms with Crippen molar-refractivity contribution in [1.29, 1.82) is 0 Å². The Morgan fingerprint density at radius 1 is 1.36 bits per heavy atom. The first kappa shape index (κ1) is 15.1. The highest BCUT2D eigenvalue weighted by molar-refractivity contribution is 9.10. The van der Waals surface area contributed by atoms with Crippen molar-refractivity contribution in [3.05, 3.63) is 46.7 Å². The summed E-state index contributed by atoms with van der Waals surface area (Å²) < 4.78 is 6.46. The van der Waals surface area contributed by atoms with E-state index in [1.165, 1.54) is 0 Å². The Morgan fingerprint density at radius 2 is 2.18 bits per heavy atom. The molecule has 2 amide bonds. The molecule has 116 valence electrons. The van der Waals surface area contributed by atoms with Crippen molar-refractivity contribution < 1.29 is 9.53 Å². The van der Waals surface area contributed by atoms with Crippen LogP contribution in [0, 0.1) is 0 Å². The Kier molecular flexibility index (Phi) is 4.44. The summed E-state index contributed by atoms with van der Waals surface area (Å²) in [4.78, 5) is 12.3. The number of ether oxygens (including phenoxy) is 1. The van der Waals surface area contributed by atoms with Crippen molar-refractivity contribution in [2.75, 3.05) is 18.5 Å². The molecule has 1 fully saturated rings. The zero-order valence-electron chi connectivity index (χ0n) is 11.9. The summed E-state index contributed by atoms with van der Waals surface area (Å²) in [5.74, 6) is 0. The number of hydrogen-bond acceptors (Lipinski definition) is 3. The second kappa shape index (κ2) is 6.50. The number of aromatic nitrogens is 2. The third-order valence-corrected chi connectivity index (χ3v) is 4.33. The van der Waals surface area contributed by atoms with Gasteiger partial charge in [0.05, 0.1) is 17.4 Å². The third kappa shape index (κ3) is 3.31. The van der Waals surface area contributed by atoms with Gasteiger partial charge in [0, 0.05) is 23.9 Å². The first-order valence-corrected chi connectivity index (χ1v) is 7.89. The highest BCUT2D eigenvalue weighted by atomic mass is 79.9. The minimum absolute atomic E-state index is 0.247. The van der Waals surface area contributed by atoms with Gasteiger partial charge in [0.1, 0.15) is 0 Å². The molecule has 0 saturated carbocycles. The summed E-state index contributed by atoms with van der Waals surface area (Å²) in [6.07, 6.45) is 4.68. The molecule has 0 unspecified atom stereocenters. The van der Waals surface area contributed by atoms with Gasteiger partial charge in [0.15, 0.2) is 0 Å². The van der Waals surface area contributed by atoms with Gasteiger partial charge in [-0.1, -0.05) is 28.1 Å². The van der Waals surface area contributed by atoms with Crippen LogP contribution in [0.4, 0.5) is 10.5 Å². The lowest BCUT2D eigenvalue weighted by molar-refractivity contribution is 0.0418. The summed E-state index contributed by atoms with van der Waals surface area (Å²) in [6.45, 7) is 1.25. The average Bonchev–Trinajstić information content (AvgIpc) is 3.01. The zero-order chi connectivity index (χ0) is 15.4. The van der Waals surface area contributed by atoms with Crippen LogP contribution in [-0.4, -0.2) is 29.4 Å². The monoisotopic (exact) mass is 364 g/mol. The maximum atomic E-state index is 12.3. The van der Waals surface area contributed by atoms with Gasteiger partial charge in [-0.2, -0.15) is 5.10 Å². The second-order valence-electron chi connectivity index (χ2n) is 5.27. The molecule has 7 heteroatoms. The zero-order valence-corrected chi connectivity index (χ0v) is 13.5. The van der Waals surface area contributed by atoms with Crippen molar-refractivity contribution in [3.63, 3.8) is 0 Å². The number of rotatable bonds is 3. The molecule has 22 heavy (non-hydrogen) atoms. The number of halogens is 1. The first-order chi connectivity index (χ1) is 10.7. The molecule has 2 aromatic rings. The predicted molar refractivity (Wildman–Crippen MR) is 86.6 cm³/mol. The van der Waals surface area contributed by atoms with Crippen LogP contribution in [0.15, 0.2) is 41.1 Å². The van der Waals surface area contributed by atoms with Crippen LogP contribution in [0.3, 0.4) is 0 Å². The van der Waals surface area contributed by atoms with E-state index < -0.39 is 5.54 Å². The van der Waals surface area contributed by atoms with E-state index in [0.29, 0.717) is 18.9 Å². The standard InChI is InChI=1S/C15H17BrN4O2/c16-12-3-1-2-11(8-12)15(4-6-22-7-5-15)20-14(21)19-13-9-17-18-10-13/h1-3,8-10H,4-7H2,(H,17,18)(H2,19,20,21). The minimum atomic E-state index is -0.421. The van der Waals surface area contributed by atoms with Crippen LogP contribution in [0.5, 0.6) is 0 Å². The van der Waals surface area contributed by atoms with Gasteiger partial charge in [0.2, 0.25) is 0 Å². The molecular weight excluding hydrogens is 348 g/mol. The number of aromatic amines is 1. The van der Waals surface area contributed by atoms with Crippen LogP contribution < -0.4 is 10.6 Å². The van der Waals surface area contributed by atoms with Gasteiger partial charge in [-0.15, -0.1) is 0 Å². The van der Waals surface area contributed by atoms with Crippen LogP contribution in [-0.2, 0) is 10.3 Å². The Bertz CT molecular complexity index is 639. The summed E-state index contributed by atoms with van der Waals surface area (Å²) >= 11 is 3.50. The van der Waals surface area contributed by atoms with E-state index in [4.69, 9.17) is 4.74 Å². The van der Waals surface area contributed by atoms with E-state index >= 15 is 0 Å². The molecule has 6 nitrogen and oxygen atoms in total. The predicted octanol–water partition coefficient (Wildman–Crippen LogP) is 3.00. The van der Waals surface area contributed by atoms with Crippen molar-refractivity contribution in [2.45, 2.75) is 18.4 Å². The van der Waals surface area contributed by atoms with Crippen molar-refractivity contribution in [3.8, 4) is 0 Å². The summed E-state index contributed by atoms with van der Waals surface area (Å²) in [5, 5.41) is 12.4. The molecule has 0 bridgehead atoms. The molecule has 0 atom stereocenters. The number of amides is 2. The molecular formula is C15H17BrN4O2. The lowest BCUT2D eigenvalue weighted by Crippen LogP contribution is -2.50. The van der Waals surface area contributed by atoms with Crippen LogP contribution >= 0.6 is 15.9 Å². The normalized spacial score (nSPS) is 17.0. The number of carbonyl (C=O) groups excluding carboxylic acids is 1. The highest BCUT2D eigenvalue weighted by Crippen LogP contribution is 2.33. The maximum Gasteiger partial charge on any atom is 0.320 e. The van der Waals surface area contributed by atoms with Gasteiger partial charge in [0.25, 0.3) is 0 Å². The molecule has 3 N–H and O–H groups in total. The number of urea groups is 1. The molecule has 1 aromatic heterocycles. The van der Waals surface area contributed by atoms with E-state index in [0.717, 1.165) is 22.9 Å². The van der Waals surface area contributed by atoms with E-state index in [1.54, 1.807) is 12.4 Å². The van der Waals surface area contributed by atoms with E-state index in [1.807, 2.05) is 24.3 Å². The van der Waals surface area contributed by atoms with E-state index in [2.05, 4.69) is 36.8 Å². The van der Waals surface area contributed by atoms with Crippen molar-refractivity contribution >= 4 is 27.6 Å². The number of nitrogens with zero attached hydrogens (tertiary/aromatic N) is 1. The number of hydrogen-bond donors (Lipinski definition) is 3. The summed E-state index contributed by atoms with van der Waals surface area (Å²) in [5.41, 5.74) is 1.29. The van der Waals surface area contributed by atoms with E-state index in [-0.39, 0.29) is 6.03 Å². The molecule has 1 aliphatic heterocycles. The van der Waals surface area contributed by atoms with Crippen LogP contribution in [0.2, 0.25) is 0 Å². The number of H-pyrrole nitrogens is 1. The highest BCUT2D eigenvalue weighted by Gasteiger charge is 2.36. The summed E-state index contributed by atoms with van der Waals surface area (Å²) in [7, 11) is 0. The maximum absolute atomic E-state index is 12.3. The fourth-order valence-electron chi connectivity index (χ4n) is 2.69. The van der Waals surface area contributed by atoms with Gasteiger partial charge in [-0.05, 0) is 30.5 Å². The molecule has 1 aromatic carbocycles. The molecule has 3 rings (SSSR count). The topological polar surface area (TPSA) is 79.0 Å². The van der Waals surface area contributed by atoms with Gasteiger partial charge in [-0.3, -0.25) is 5.10 Å². The number of carbonyl (C=O) groups is 1. The number of anilines is 1. The SMILES string of the molecule is O=C(Nc1cn[nH]c1)NC1(c2cccc(Br)c2)CCOCC1. The van der Waals surface area contributed by atoms with Crippen molar-refractivity contribution in [1.82, 2.24) is 15.5 Å². The Balaban J connectivity index is 1.81. The molecule has 2 heterocycles. The second-order valence-corrected chi connectivity index (χ2v) is 6.19. The Labute approximate surface area is 136 Å². The smallest absolute Gasteiger partial charge is 0.320 e. The Morgan fingerprint density at radius 3 is 2.86 bits per heavy atom. The lowest BCUT2D eigenvalue weighted by Gasteiger charge is -2.38. The fraction of sp³-hybridized carbons (Fsp3) is 0.333. The van der Waals surface area contributed by atoms with Crippen LogP contribution in [0.25, 0.3) is 0 Å². The van der Waals surface area contributed by atoms with Gasteiger partial charge < -0.3 is 15.4 Å². The molecule has 0 aliphatic carbocycles. The third-order valence-electron chi connectivity index (χ3n) is 3.83. The lowest BCUT2D eigenvalue weighted by atomic mass is 9.83. The quantitative estimate of drug-likeness (QED) is 0.783. The average molecular weight is 365 g/mol. The molecule has 1 aliphatic rings. The van der Waals surface area contributed by atoms with E-state index in [9.17, 15) is 4.79 Å². The van der Waals surface area contributed by atoms with Gasteiger partial charge >= 0.3 is 6.03 Å². The molecule has 0 spiro atoms. The Hall–Kier alpha value is -1.86. The fourth-order valence-corrected chi connectivity index (χ4v) is 3.09. The number of benzene rings is 1. The molecule has 1 saturated heterocycles. The van der Waals surface area contributed by atoms with Crippen molar-refractivity contribution in [2.24, 2.45) is 0 Å². The molecule has 0 radical (unpaired) electrons. The van der Waals surface area contributed by atoms with Gasteiger partial charge in [-0.25, -0.2) is 4.79 Å². The number of nitrogens with one attached hydrogen (secondary N) is 3. The summed E-state index contributed by atoms with van der Waals surface area (Å²) in [6, 6.07) is 7.79.